The van der Waals surface area contributed by atoms with E-state index < -0.39 is 0 Å². The normalized spacial score (nSPS) is 9.20. The highest BCUT2D eigenvalue weighted by Gasteiger charge is 1.96. The van der Waals surface area contributed by atoms with Gasteiger partial charge in [0.25, 0.3) is 0 Å². The third-order valence-electron chi connectivity index (χ3n) is 1.36. The Bertz CT molecular complexity index is 252. The standard InChI is InChI=1S/C7H6N2.ClH/c1-2-6-4-8-5-9-7(6)3-1;/h1-5H,(H,8,9);1H. The maximum Gasteiger partial charge on any atom is 0.0923 e. The Hall–Kier alpha value is -1.02. The fourth-order valence-electron chi connectivity index (χ4n) is 0.902. The first-order chi connectivity index (χ1) is 4.47. The molecule has 0 bridgehead atoms. The SMILES string of the molecule is Cl.c1cc2cnc[nH]c-2c1. The van der Waals surface area contributed by atoms with Gasteiger partial charge in [-0.2, -0.15) is 0 Å². The summed E-state index contributed by atoms with van der Waals surface area (Å²) in [5.74, 6) is 0. The quantitative estimate of drug-likeness (QED) is 0.617. The smallest absolute Gasteiger partial charge is 0.0923 e. The first-order valence-electron chi connectivity index (χ1n) is 2.84. The largest absolute Gasteiger partial charge is 0.346 e. The maximum atomic E-state index is 3.93. The molecule has 0 saturated heterocycles. The van der Waals surface area contributed by atoms with E-state index in [1.165, 1.54) is 0 Å². The zero-order valence-electron chi connectivity index (χ0n) is 5.24. The number of hydrogen-bond acceptors (Lipinski definition) is 1. The molecular formula is C7H7ClN2. The van der Waals surface area contributed by atoms with Gasteiger partial charge in [0.1, 0.15) is 0 Å². The minimum Gasteiger partial charge on any atom is -0.346 e. The van der Waals surface area contributed by atoms with Crippen LogP contribution < -0.4 is 0 Å². The Balaban J connectivity index is 0.000000500. The minimum atomic E-state index is 0. The van der Waals surface area contributed by atoms with Gasteiger partial charge >= 0.3 is 0 Å². The number of H-pyrrole nitrogens is 1. The maximum absolute atomic E-state index is 3.93. The third kappa shape index (κ3) is 0.977. The van der Waals surface area contributed by atoms with Crippen LogP contribution in [0.4, 0.5) is 0 Å². The van der Waals surface area contributed by atoms with Crippen LogP contribution in [0, 0.1) is 0 Å². The van der Waals surface area contributed by atoms with E-state index in [1.54, 1.807) is 6.33 Å². The molecule has 0 fully saturated rings. The zero-order chi connectivity index (χ0) is 6.10. The highest BCUT2D eigenvalue weighted by Crippen LogP contribution is 2.16. The number of halogens is 1. The molecule has 1 N–H and O–H groups in total. The van der Waals surface area contributed by atoms with Crippen molar-refractivity contribution < 1.29 is 0 Å². The van der Waals surface area contributed by atoms with Crippen LogP contribution in [-0.2, 0) is 0 Å². The van der Waals surface area contributed by atoms with Crippen LogP contribution in [0.5, 0.6) is 0 Å². The van der Waals surface area contributed by atoms with Crippen molar-refractivity contribution >= 4 is 12.4 Å². The second kappa shape index (κ2) is 2.71. The lowest BCUT2D eigenvalue weighted by Gasteiger charge is -1.93. The topological polar surface area (TPSA) is 28.7 Å². The van der Waals surface area contributed by atoms with Crippen LogP contribution in [0.1, 0.15) is 0 Å². The van der Waals surface area contributed by atoms with Crippen molar-refractivity contribution in [3.05, 3.63) is 30.7 Å². The molecule has 10 heavy (non-hydrogen) atoms. The Morgan fingerprint density at radius 3 is 3.00 bits per heavy atom. The number of rotatable bonds is 0. The lowest BCUT2D eigenvalue weighted by atomic mass is 10.3. The fraction of sp³-hybridized carbons (Fsp3) is 0. The molecule has 0 saturated carbocycles. The number of hydrogen-bond donors (Lipinski definition) is 1. The Labute approximate surface area is 65.0 Å². The van der Waals surface area contributed by atoms with Gasteiger partial charge in [0.05, 0.1) is 6.33 Å². The second-order valence-electron chi connectivity index (χ2n) is 1.95. The molecule has 2 nitrogen and oxygen atoms in total. The van der Waals surface area contributed by atoms with Gasteiger partial charge in [0.2, 0.25) is 0 Å². The summed E-state index contributed by atoms with van der Waals surface area (Å²) in [6.07, 6.45) is 3.52. The van der Waals surface area contributed by atoms with E-state index in [9.17, 15) is 0 Å². The van der Waals surface area contributed by atoms with Crippen LogP contribution >= 0.6 is 12.4 Å². The molecule has 1 heterocycles. The van der Waals surface area contributed by atoms with E-state index in [0.29, 0.717) is 0 Å². The summed E-state index contributed by atoms with van der Waals surface area (Å²) in [5, 5.41) is 0. The molecular weight excluding hydrogens is 148 g/mol. The Morgan fingerprint density at radius 2 is 2.20 bits per heavy atom. The van der Waals surface area contributed by atoms with E-state index in [1.807, 2.05) is 24.4 Å². The first kappa shape index (κ1) is 7.09. The molecule has 0 aromatic carbocycles. The van der Waals surface area contributed by atoms with Crippen molar-refractivity contribution in [2.24, 2.45) is 0 Å². The minimum absolute atomic E-state index is 0. The lowest BCUT2D eigenvalue weighted by molar-refractivity contribution is 1.18. The van der Waals surface area contributed by atoms with Gasteiger partial charge in [-0.15, -0.1) is 12.4 Å². The molecule has 0 aromatic rings. The van der Waals surface area contributed by atoms with E-state index >= 15 is 0 Å². The number of nitrogens with one attached hydrogen (secondary N) is 1. The second-order valence-corrected chi connectivity index (χ2v) is 1.95. The van der Waals surface area contributed by atoms with Gasteiger partial charge in [-0.1, -0.05) is 12.1 Å². The summed E-state index contributed by atoms with van der Waals surface area (Å²) in [6, 6.07) is 6.05. The number of aromatic amines is 1. The molecule has 2 rings (SSSR count). The van der Waals surface area contributed by atoms with Gasteiger partial charge in [0, 0.05) is 17.5 Å². The van der Waals surface area contributed by atoms with Crippen molar-refractivity contribution in [1.82, 2.24) is 9.97 Å². The van der Waals surface area contributed by atoms with Crippen molar-refractivity contribution in [2.45, 2.75) is 0 Å². The summed E-state index contributed by atoms with van der Waals surface area (Å²) in [5.41, 5.74) is 2.31. The van der Waals surface area contributed by atoms with Gasteiger partial charge < -0.3 is 4.98 Å². The predicted molar refractivity (Wildman–Crippen MR) is 42.5 cm³/mol. The summed E-state index contributed by atoms with van der Waals surface area (Å²) in [4.78, 5) is 6.95. The van der Waals surface area contributed by atoms with E-state index in [-0.39, 0.29) is 12.4 Å². The average molecular weight is 155 g/mol. The van der Waals surface area contributed by atoms with E-state index in [4.69, 9.17) is 0 Å². The fourth-order valence-corrected chi connectivity index (χ4v) is 0.902. The molecule has 0 radical (unpaired) electrons. The Kier molecular flexibility index (Phi) is 1.92. The molecule has 2 aliphatic rings. The van der Waals surface area contributed by atoms with Gasteiger partial charge in [0.15, 0.2) is 0 Å². The molecule has 0 unspecified atom stereocenters. The van der Waals surface area contributed by atoms with Crippen molar-refractivity contribution in [3.8, 4) is 11.3 Å². The highest BCUT2D eigenvalue weighted by molar-refractivity contribution is 5.85. The lowest BCUT2D eigenvalue weighted by Crippen LogP contribution is -1.79. The molecule has 0 amide bonds. The molecule has 52 valence electrons. The van der Waals surface area contributed by atoms with Crippen LogP contribution in [-0.4, -0.2) is 9.97 Å². The molecule has 1 aliphatic heterocycles. The summed E-state index contributed by atoms with van der Waals surface area (Å²) in [7, 11) is 0. The zero-order valence-corrected chi connectivity index (χ0v) is 6.06. The highest BCUT2D eigenvalue weighted by atomic mass is 35.5. The summed E-state index contributed by atoms with van der Waals surface area (Å²) < 4.78 is 0. The Morgan fingerprint density at radius 1 is 1.30 bits per heavy atom. The summed E-state index contributed by atoms with van der Waals surface area (Å²) in [6.45, 7) is 0. The van der Waals surface area contributed by atoms with Gasteiger partial charge in [-0.25, -0.2) is 4.98 Å². The molecule has 0 spiro atoms. The van der Waals surface area contributed by atoms with Crippen LogP contribution in [0.25, 0.3) is 11.3 Å². The van der Waals surface area contributed by atoms with Crippen molar-refractivity contribution in [3.63, 3.8) is 0 Å². The van der Waals surface area contributed by atoms with Crippen molar-refractivity contribution in [1.29, 1.82) is 0 Å². The van der Waals surface area contributed by atoms with Crippen LogP contribution in [0.15, 0.2) is 30.7 Å². The van der Waals surface area contributed by atoms with Crippen molar-refractivity contribution in [2.75, 3.05) is 0 Å². The number of aromatic nitrogens is 2. The average Bonchev–Trinajstić information content (AvgIpc) is 2.33. The van der Waals surface area contributed by atoms with E-state index in [2.05, 4.69) is 9.97 Å². The van der Waals surface area contributed by atoms with Gasteiger partial charge in [-0.05, 0) is 6.07 Å². The first-order valence-corrected chi connectivity index (χ1v) is 2.84. The van der Waals surface area contributed by atoms with Crippen LogP contribution in [0.3, 0.4) is 0 Å². The third-order valence-corrected chi connectivity index (χ3v) is 1.36. The molecule has 0 atom stereocenters. The predicted octanol–water partition coefficient (Wildman–Crippen LogP) is 1.94. The van der Waals surface area contributed by atoms with Gasteiger partial charge in [-0.3, -0.25) is 0 Å². The monoisotopic (exact) mass is 154 g/mol. The van der Waals surface area contributed by atoms with Crippen LogP contribution in [0.2, 0.25) is 0 Å². The summed E-state index contributed by atoms with van der Waals surface area (Å²) >= 11 is 0. The molecule has 1 aliphatic carbocycles. The number of nitrogens with zero attached hydrogens (tertiary/aromatic N) is 1. The molecule has 3 heteroatoms. The molecule has 0 aromatic heterocycles. The van der Waals surface area contributed by atoms with E-state index in [0.717, 1.165) is 11.3 Å². The number of fused-ring (bicyclic) bond motifs is 1.